The first-order chi connectivity index (χ1) is 10.8. The van der Waals surface area contributed by atoms with Gasteiger partial charge in [-0.1, -0.05) is 6.07 Å². The van der Waals surface area contributed by atoms with Crippen LogP contribution in [0.5, 0.6) is 0 Å². The number of carbonyl (C=O) groups is 1. The Hall–Kier alpha value is -0.490. The standard InChI is InChI=1S/C17H25N3OS.2ClH/c21-17(6-10-22-13-16-3-1-2-7-19-16)20-8-4-14-11-18-12-15(14)5-9-20;;/h1-3,7,14-15,18H,4-6,8-13H2;2*1H/t14-,15+;;. The first-order valence-corrected chi connectivity index (χ1v) is 9.44. The van der Waals surface area contributed by atoms with Crippen LogP contribution in [0.3, 0.4) is 0 Å². The second kappa shape index (κ2) is 11.2. The Balaban J connectivity index is 0.00000144. The maximum Gasteiger partial charge on any atom is 0.223 e. The van der Waals surface area contributed by atoms with Crippen molar-refractivity contribution in [3.8, 4) is 0 Å². The van der Waals surface area contributed by atoms with Crippen LogP contribution in [0.25, 0.3) is 0 Å². The zero-order valence-corrected chi connectivity index (χ0v) is 16.3. The molecule has 0 spiro atoms. The molecule has 0 aromatic carbocycles. The van der Waals surface area contributed by atoms with Crippen LogP contribution in [0, 0.1) is 11.8 Å². The summed E-state index contributed by atoms with van der Waals surface area (Å²) in [5, 5.41) is 3.48. The van der Waals surface area contributed by atoms with Gasteiger partial charge in [-0.25, -0.2) is 0 Å². The van der Waals surface area contributed by atoms with Crippen LogP contribution in [0.15, 0.2) is 24.4 Å². The molecular weight excluding hydrogens is 365 g/mol. The summed E-state index contributed by atoms with van der Waals surface area (Å²) in [4.78, 5) is 18.8. The number of nitrogens with one attached hydrogen (secondary N) is 1. The molecule has 1 N–H and O–H groups in total. The molecule has 0 saturated carbocycles. The van der Waals surface area contributed by atoms with E-state index in [-0.39, 0.29) is 24.8 Å². The molecule has 0 aliphatic carbocycles. The highest BCUT2D eigenvalue weighted by Gasteiger charge is 2.31. The zero-order valence-electron chi connectivity index (χ0n) is 13.9. The van der Waals surface area contributed by atoms with E-state index in [1.54, 1.807) is 11.8 Å². The number of halogens is 2. The molecule has 1 aromatic rings. The molecule has 3 rings (SSSR count). The minimum absolute atomic E-state index is 0. The molecule has 2 atom stereocenters. The highest BCUT2D eigenvalue weighted by atomic mass is 35.5. The van der Waals surface area contributed by atoms with Gasteiger partial charge in [-0.15, -0.1) is 24.8 Å². The Morgan fingerprint density at radius 1 is 1.21 bits per heavy atom. The molecule has 3 heterocycles. The van der Waals surface area contributed by atoms with Crippen molar-refractivity contribution in [1.82, 2.24) is 15.2 Å². The second-order valence-electron chi connectivity index (χ2n) is 6.26. The van der Waals surface area contributed by atoms with Gasteiger partial charge in [0.1, 0.15) is 0 Å². The molecule has 2 aliphatic heterocycles. The summed E-state index contributed by atoms with van der Waals surface area (Å²) in [6.07, 6.45) is 4.82. The maximum absolute atomic E-state index is 12.4. The largest absolute Gasteiger partial charge is 0.343 e. The molecule has 0 radical (unpaired) electrons. The van der Waals surface area contributed by atoms with Crippen molar-refractivity contribution in [3.05, 3.63) is 30.1 Å². The number of fused-ring (bicyclic) bond motifs is 1. The smallest absolute Gasteiger partial charge is 0.223 e. The van der Waals surface area contributed by atoms with Crippen molar-refractivity contribution in [3.63, 3.8) is 0 Å². The van der Waals surface area contributed by atoms with E-state index in [4.69, 9.17) is 0 Å². The first-order valence-electron chi connectivity index (χ1n) is 8.29. The molecule has 4 nitrogen and oxygen atoms in total. The fourth-order valence-corrected chi connectivity index (χ4v) is 4.29. The lowest BCUT2D eigenvalue weighted by molar-refractivity contribution is -0.130. The number of thioether (sulfide) groups is 1. The van der Waals surface area contributed by atoms with Gasteiger partial charge in [-0.3, -0.25) is 9.78 Å². The van der Waals surface area contributed by atoms with Crippen molar-refractivity contribution in [2.75, 3.05) is 31.9 Å². The van der Waals surface area contributed by atoms with Gasteiger partial charge < -0.3 is 10.2 Å². The summed E-state index contributed by atoms with van der Waals surface area (Å²) in [7, 11) is 0. The fraction of sp³-hybridized carbons (Fsp3) is 0.647. The van der Waals surface area contributed by atoms with Gasteiger partial charge in [-0.05, 0) is 49.9 Å². The molecule has 24 heavy (non-hydrogen) atoms. The van der Waals surface area contributed by atoms with E-state index in [0.717, 1.165) is 55.2 Å². The van der Waals surface area contributed by atoms with Gasteiger partial charge in [0.15, 0.2) is 0 Å². The molecular formula is C17H27Cl2N3OS. The van der Waals surface area contributed by atoms with Crippen LogP contribution in [0.1, 0.15) is 25.0 Å². The number of likely N-dealkylation sites (tertiary alicyclic amines) is 1. The molecule has 136 valence electrons. The van der Waals surface area contributed by atoms with Crippen molar-refractivity contribution in [1.29, 1.82) is 0 Å². The van der Waals surface area contributed by atoms with Crippen molar-refractivity contribution in [2.45, 2.75) is 25.0 Å². The van der Waals surface area contributed by atoms with Gasteiger partial charge >= 0.3 is 0 Å². The summed E-state index contributed by atoms with van der Waals surface area (Å²) in [6, 6.07) is 5.98. The lowest BCUT2D eigenvalue weighted by Crippen LogP contribution is -2.32. The lowest BCUT2D eigenvalue weighted by atomic mass is 9.92. The molecule has 7 heteroatoms. The molecule has 2 saturated heterocycles. The van der Waals surface area contributed by atoms with E-state index < -0.39 is 0 Å². The van der Waals surface area contributed by atoms with Crippen LogP contribution in [0.2, 0.25) is 0 Å². The van der Waals surface area contributed by atoms with Gasteiger partial charge in [0.2, 0.25) is 5.91 Å². The average Bonchev–Trinajstić information content (AvgIpc) is 2.91. The van der Waals surface area contributed by atoms with Crippen molar-refractivity contribution >= 4 is 42.5 Å². The number of carbonyl (C=O) groups excluding carboxylic acids is 1. The van der Waals surface area contributed by atoms with Gasteiger partial charge in [0.25, 0.3) is 0 Å². The zero-order chi connectivity index (χ0) is 15.2. The predicted molar refractivity (Wildman–Crippen MR) is 105 cm³/mol. The Kier molecular flexibility index (Phi) is 10.0. The highest BCUT2D eigenvalue weighted by molar-refractivity contribution is 7.98. The number of nitrogens with zero attached hydrogens (tertiary/aromatic N) is 2. The number of hydrogen-bond donors (Lipinski definition) is 1. The summed E-state index contributed by atoms with van der Waals surface area (Å²) >= 11 is 1.80. The molecule has 1 amide bonds. The van der Waals surface area contributed by atoms with Gasteiger partial charge in [0, 0.05) is 37.2 Å². The third-order valence-electron chi connectivity index (χ3n) is 4.81. The highest BCUT2D eigenvalue weighted by Crippen LogP contribution is 2.27. The van der Waals surface area contributed by atoms with Crippen LogP contribution in [-0.2, 0) is 10.5 Å². The molecule has 1 aromatic heterocycles. The Labute approximate surface area is 161 Å². The molecule has 2 aliphatic rings. The van der Waals surface area contributed by atoms with Crippen LogP contribution in [0.4, 0.5) is 0 Å². The Morgan fingerprint density at radius 2 is 1.92 bits per heavy atom. The van der Waals surface area contributed by atoms with Crippen LogP contribution in [-0.4, -0.2) is 47.7 Å². The summed E-state index contributed by atoms with van der Waals surface area (Å²) < 4.78 is 0. The van der Waals surface area contributed by atoms with Gasteiger partial charge in [0.05, 0.1) is 5.69 Å². The van der Waals surface area contributed by atoms with E-state index in [1.165, 1.54) is 12.8 Å². The Bertz CT molecular complexity index is 478. The quantitative estimate of drug-likeness (QED) is 0.783. The normalized spacial score (nSPS) is 22.8. The van der Waals surface area contributed by atoms with Crippen molar-refractivity contribution in [2.24, 2.45) is 11.8 Å². The SMILES string of the molecule is Cl.Cl.O=C(CCSCc1ccccn1)N1CC[C@@H]2CNC[C@@H]2CC1. The second-order valence-corrected chi connectivity index (χ2v) is 7.37. The number of aromatic nitrogens is 1. The van der Waals surface area contributed by atoms with E-state index in [2.05, 4.69) is 15.2 Å². The number of hydrogen-bond acceptors (Lipinski definition) is 4. The van der Waals surface area contributed by atoms with E-state index >= 15 is 0 Å². The third kappa shape index (κ3) is 6.10. The van der Waals surface area contributed by atoms with E-state index in [0.29, 0.717) is 12.3 Å². The van der Waals surface area contributed by atoms with Gasteiger partial charge in [-0.2, -0.15) is 11.8 Å². The predicted octanol–water partition coefficient (Wildman–Crippen LogP) is 3.01. The Morgan fingerprint density at radius 3 is 2.54 bits per heavy atom. The average molecular weight is 392 g/mol. The van der Waals surface area contributed by atoms with Crippen LogP contribution >= 0.6 is 36.6 Å². The molecule has 0 unspecified atom stereocenters. The number of amides is 1. The molecule has 0 bridgehead atoms. The lowest BCUT2D eigenvalue weighted by Gasteiger charge is -2.20. The first kappa shape index (κ1) is 21.6. The topological polar surface area (TPSA) is 45.2 Å². The molecule has 2 fully saturated rings. The summed E-state index contributed by atoms with van der Waals surface area (Å²) in [6.45, 7) is 4.19. The third-order valence-corrected chi connectivity index (χ3v) is 5.80. The number of pyridine rings is 1. The minimum Gasteiger partial charge on any atom is -0.343 e. The number of rotatable bonds is 5. The summed E-state index contributed by atoms with van der Waals surface area (Å²) in [5.41, 5.74) is 1.09. The fourth-order valence-electron chi connectivity index (χ4n) is 3.45. The van der Waals surface area contributed by atoms with E-state index in [1.807, 2.05) is 24.4 Å². The van der Waals surface area contributed by atoms with E-state index in [9.17, 15) is 4.79 Å². The summed E-state index contributed by atoms with van der Waals surface area (Å²) in [5.74, 6) is 3.69. The van der Waals surface area contributed by atoms with Crippen molar-refractivity contribution < 1.29 is 4.79 Å². The maximum atomic E-state index is 12.4. The minimum atomic E-state index is 0. The van der Waals surface area contributed by atoms with Crippen LogP contribution < -0.4 is 5.32 Å². The monoisotopic (exact) mass is 391 g/mol.